The Morgan fingerprint density at radius 2 is 2.24 bits per heavy atom. The van der Waals surface area contributed by atoms with Gasteiger partial charge in [-0.05, 0) is 47.0 Å². The summed E-state index contributed by atoms with van der Waals surface area (Å²) in [5, 5.41) is 2.88. The first-order chi connectivity index (χ1) is 9.87. The third-order valence-electron chi connectivity index (χ3n) is 3.51. The number of nitrogens with one attached hydrogen (secondary N) is 1. The molecular weight excluding hydrogens is 266 g/mol. The largest absolute Gasteiger partial charge is 0.444 e. The van der Waals surface area contributed by atoms with Gasteiger partial charge in [-0.3, -0.25) is 0 Å². The quantitative estimate of drug-likeness (QED) is 0.863. The van der Waals surface area contributed by atoms with E-state index >= 15 is 0 Å². The highest BCUT2D eigenvalue weighted by Crippen LogP contribution is 2.27. The summed E-state index contributed by atoms with van der Waals surface area (Å²) in [6.07, 6.45) is 10.9. The molecular formula is C16H25N3O2. The first kappa shape index (κ1) is 15.6. The van der Waals surface area contributed by atoms with Crippen molar-refractivity contribution in [2.45, 2.75) is 64.6 Å². The molecule has 1 aromatic rings. The van der Waals surface area contributed by atoms with Crippen molar-refractivity contribution in [3.05, 3.63) is 30.4 Å². The van der Waals surface area contributed by atoms with Gasteiger partial charge in [0.25, 0.3) is 0 Å². The fourth-order valence-corrected chi connectivity index (χ4v) is 2.54. The van der Waals surface area contributed by atoms with E-state index in [0.717, 1.165) is 25.0 Å². The second-order valence-electron chi connectivity index (χ2n) is 6.53. The third kappa shape index (κ3) is 4.34. The molecule has 1 aromatic heterocycles. The van der Waals surface area contributed by atoms with Crippen LogP contribution in [0.2, 0.25) is 0 Å². The van der Waals surface area contributed by atoms with Crippen LogP contribution in [-0.2, 0) is 4.74 Å². The molecule has 0 saturated carbocycles. The van der Waals surface area contributed by atoms with Crippen molar-refractivity contribution in [2.24, 2.45) is 0 Å². The molecule has 5 heteroatoms. The van der Waals surface area contributed by atoms with Crippen LogP contribution in [0.4, 0.5) is 4.79 Å². The number of hydrogen-bond donors (Lipinski definition) is 1. The summed E-state index contributed by atoms with van der Waals surface area (Å²) in [5.41, 5.74) is 0.527. The van der Waals surface area contributed by atoms with Gasteiger partial charge >= 0.3 is 6.09 Å². The first-order valence-electron chi connectivity index (χ1n) is 7.53. The summed E-state index contributed by atoms with van der Waals surface area (Å²) in [5.74, 6) is 0. The SMILES string of the molecule is C[C@H](NC(=O)OC(C)(C)C)c1cncn1C1CC=CCC1. The van der Waals surface area contributed by atoms with Gasteiger partial charge in [-0.2, -0.15) is 0 Å². The number of allylic oxidation sites excluding steroid dienone is 2. The molecule has 1 N–H and O–H groups in total. The van der Waals surface area contributed by atoms with E-state index in [1.165, 1.54) is 0 Å². The molecule has 5 nitrogen and oxygen atoms in total. The van der Waals surface area contributed by atoms with Crippen molar-refractivity contribution in [3.8, 4) is 0 Å². The molecule has 1 aliphatic carbocycles. The van der Waals surface area contributed by atoms with E-state index in [0.29, 0.717) is 6.04 Å². The van der Waals surface area contributed by atoms with E-state index < -0.39 is 11.7 Å². The van der Waals surface area contributed by atoms with Crippen LogP contribution < -0.4 is 5.32 Å². The average molecular weight is 291 g/mol. The highest BCUT2D eigenvalue weighted by Gasteiger charge is 2.22. The number of carbonyl (C=O) groups excluding carboxylic acids is 1. The number of carbonyl (C=O) groups is 1. The number of alkyl carbamates (subject to hydrolysis) is 1. The molecule has 1 amide bonds. The van der Waals surface area contributed by atoms with Crippen molar-refractivity contribution in [1.82, 2.24) is 14.9 Å². The van der Waals surface area contributed by atoms with Gasteiger partial charge < -0.3 is 14.6 Å². The first-order valence-corrected chi connectivity index (χ1v) is 7.53. The number of hydrogen-bond acceptors (Lipinski definition) is 3. The minimum absolute atomic E-state index is 0.131. The predicted octanol–water partition coefficient (Wildman–Crippen LogP) is 3.75. The number of nitrogens with zero attached hydrogens (tertiary/aromatic N) is 2. The number of aromatic nitrogens is 2. The van der Waals surface area contributed by atoms with E-state index in [2.05, 4.69) is 27.0 Å². The van der Waals surface area contributed by atoms with Gasteiger partial charge in [0.15, 0.2) is 0 Å². The van der Waals surface area contributed by atoms with E-state index in [4.69, 9.17) is 4.74 Å². The minimum Gasteiger partial charge on any atom is -0.444 e. The Hall–Kier alpha value is -1.78. The maximum Gasteiger partial charge on any atom is 0.408 e. The molecule has 0 saturated heterocycles. The molecule has 116 valence electrons. The molecule has 0 bridgehead atoms. The van der Waals surface area contributed by atoms with Crippen LogP contribution >= 0.6 is 0 Å². The molecule has 0 radical (unpaired) electrons. The molecule has 0 aliphatic heterocycles. The zero-order valence-electron chi connectivity index (χ0n) is 13.3. The lowest BCUT2D eigenvalue weighted by Crippen LogP contribution is -2.34. The Labute approximate surface area is 126 Å². The van der Waals surface area contributed by atoms with Crippen LogP contribution in [0.3, 0.4) is 0 Å². The van der Waals surface area contributed by atoms with Crippen molar-refractivity contribution in [2.75, 3.05) is 0 Å². The molecule has 2 atom stereocenters. The number of amides is 1. The van der Waals surface area contributed by atoms with Gasteiger partial charge in [0.1, 0.15) is 5.60 Å². The van der Waals surface area contributed by atoms with Gasteiger partial charge in [0.2, 0.25) is 0 Å². The summed E-state index contributed by atoms with van der Waals surface area (Å²) in [6.45, 7) is 7.53. The third-order valence-corrected chi connectivity index (χ3v) is 3.51. The zero-order valence-corrected chi connectivity index (χ0v) is 13.3. The normalized spacial score (nSPS) is 20.1. The lowest BCUT2D eigenvalue weighted by atomic mass is 10.0. The molecule has 0 spiro atoms. The Balaban J connectivity index is 2.03. The molecule has 1 aliphatic rings. The summed E-state index contributed by atoms with van der Waals surface area (Å²) in [7, 11) is 0. The molecule has 0 fully saturated rings. The highest BCUT2D eigenvalue weighted by molar-refractivity contribution is 5.68. The van der Waals surface area contributed by atoms with Gasteiger partial charge in [-0.1, -0.05) is 12.2 Å². The second kappa shape index (κ2) is 6.33. The van der Waals surface area contributed by atoms with Gasteiger partial charge in [-0.25, -0.2) is 9.78 Å². The smallest absolute Gasteiger partial charge is 0.408 e. The Morgan fingerprint density at radius 3 is 2.86 bits per heavy atom. The molecule has 2 rings (SSSR count). The zero-order chi connectivity index (χ0) is 15.5. The van der Waals surface area contributed by atoms with E-state index in [1.807, 2.05) is 40.2 Å². The summed E-state index contributed by atoms with van der Waals surface area (Å²) in [6, 6.07) is 0.295. The monoisotopic (exact) mass is 291 g/mol. The lowest BCUT2D eigenvalue weighted by Gasteiger charge is -2.25. The second-order valence-corrected chi connectivity index (χ2v) is 6.53. The fraction of sp³-hybridized carbons (Fsp3) is 0.625. The van der Waals surface area contributed by atoms with Crippen molar-refractivity contribution >= 4 is 6.09 Å². The minimum atomic E-state index is -0.488. The molecule has 1 unspecified atom stereocenters. The summed E-state index contributed by atoms with van der Waals surface area (Å²) >= 11 is 0. The predicted molar refractivity (Wildman–Crippen MR) is 82.0 cm³/mol. The number of imidazole rings is 1. The fourth-order valence-electron chi connectivity index (χ4n) is 2.54. The van der Waals surface area contributed by atoms with Crippen LogP contribution in [0.5, 0.6) is 0 Å². The van der Waals surface area contributed by atoms with Gasteiger partial charge in [-0.15, -0.1) is 0 Å². The molecule has 21 heavy (non-hydrogen) atoms. The number of ether oxygens (including phenoxy) is 1. The van der Waals surface area contributed by atoms with Gasteiger partial charge in [0.05, 0.1) is 24.3 Å². The van der Waals surface area contributed by atoms with Crippen LogP contribution in [0, 0.1) is 0 Å². The molecule has 0 aromatic carbocycles. The Bertz CT molecular complexity index is 514. The van der Waals surface area contributed by atoms with Crippen molar-refractivity contribution < 1.29 is 9.53 Å². The maximum atomic E-state index is 11.9. The van der Waals surface area contributed by atoms with E-state index in [-0.39, 0.29) is 6.04 Å². The standard InChI is InChI=1S/C16H25N3O2/c1-12(18-15(20)21-16(2,3)4)14-10-17-11-19(14)13-8-6-5-7-9-13/h5-6,10-13H,7-9H2,1-4H3,(H,18,20)/t12-,13?/m0/s1. The summed E-state index contributed by atoms with van der Waals surface area (Å²) in [4.78, 5) is 16.1. The Morgan fingerprint density at radius 1 is 1.48 bits per heavy atom. The van der Waals surface area contributed by atoms with E-state index in [1.54, 1.807) is 0 Å². The summed E-state index contributed by atoms with van der Waals surface area (Å²) < 4.78 is 7.47. The van der Waals surface area contributed by atoms with E-state index in [9.17, 15) is 4.79 Å². The van der Waals surface area contributed by atoms with Crippen LogP contribution in [0.15, 0.2) is 24.7 Å². The lowest BCUT2D eigenvalue weighted by molar-refractivity contribution is 0.0505. The average Bonchev–Trinajstić information content (AvgIpc) is 2.86. The topological polar surface area (TPSA) is 56.1 Å². The van der Waals surface area contributed by atoms with Crippen molar-refractivity contribution in [3.63, 3.8) is 0 Å². The number of rotatable bonds is 3. The Kier molecular flexibility index (Phi) is 4.70. The van der Waals surface area contributed by atoms with Crippen molar-refractivity contribution in [1.29, 1.82) is 0 Å². The molecule has 1 heterocycles. The highest BCUT2D eigenvalue weighted by atomic mass is 16.6. The van der Waals surface area contributed by atoms with Crippen LogP contribution in [0.25, 0.3) is 0 Å². The maximum absolute atomic E-state index is 11.9. The van der Waals surface area contributed by atoms with Crippen LogP contribution in [-0.4, -0.2) is 21.2 Å². The van der Waals surface area contributed by atoms with Gasteiger partial charge in [0, 0.05) is 6.04 Å². The van der Waals surface area contributed by atoms with Crippen LogP contribution in [0.1, 0.15) is 64.7 Å².